The lowest BCUT2D eigenvalue weighted by Gasteiger charge is -2.10. The van der Waals surface area contributed by atoms with Crippen molar-refractivity contribution in [2.24, 2.45) is 5.73 Å². The van der Waals surface area contributed by atoms with Crippen LogP contribution in [0, 0.1) is 6.92 Å². The Hall–Kier alpha value is -1.63. The van der Waals surface area contributed by atoms with E-state index in [0.29, 0.717) is 18.8 Å². The number of nitrogens with zero attached hydrogens (tertiary/aromatic N) is 1. The predicted octanol–water partition coefficient (Wildman–Crippen LogP) is 3.76. The summed E-state index contributed by atoms with van der Waals surface area (Å²) < 4.78 is 5.65. The number of aromatic nitrogens is 1. The van der Waals surface area contributed by atoms with Crippen LogP contribution in [0.15, 0.2) is 23.6 Å². The number of thiazole rings is 1. The normalized spacial score (nSPS) is 10.0. The highest BCUT2D eigenvalue weighted by atomic mass is 35.5. The van der Waals surface area contributed by atoms with Gasteiger partial charge in [0, 0.05) is 17.6 Å². The molecule has 3 N–H and O–H groups in total. The van der Waals surface area contributed by atoms with Gasteiger partial charge in [0.05, 0.1) is 6.61 Å². The minimum Gasteiger partial charge on any atom is -0.494 e. The van der Waals surface area contributed by atoms with Crippen LogP contribution in [0.1, 0.15) is 40.8 Å². The van der Waals surface area contributed by atoms with Crippen molar-refractivity contribution in [2.45, 2.75) is 33.2 Å². The van der Waals surface area contributed by atoms with Crippen molar-refractivity contribution in [1.82, 2.24) is 4.98 Å². The first kappa shape index (κ1) is 19.4. The number of carbonyl (C=O) groups excluding carboxylic acids is 1. The molecule has 0 bridgehead atoms. The van der Waals surface area contributed by atoms with Gasteiger partial charge in [0.2, 0.25) is 0 Å². The minimum atomic E-state index is -0.223. The fourth-order valence-electron chi connectivity index (χ4n) is 1.90. The molecule has 0 spiro atoms. The summed E-state index contributed by atoms with van der Waals surface area (Å²) in [5, 5.41) is 5.34. The number of amides is 1. The number of rotatable bonds is 7. The van der Waals surface area contributed by atoms with Gasteiger partial charge in [-0.05, 0) is 37.1 Å². The fraction of sp³-hybridized carbons (Fsp3) is 0.375. The van der Waals surface area contributed by atoms with E-state index in [9.17, 15) is 4.79 Å². The number of aryl methyl sites for hydroxylation is 1. The van der Waals surface area contributed by atoms with Gasteiger partial charge in [-0.2, -0.15) is 0 Å². The van der Waals surface area contributed by atoms with Crippen LogP contribution in [-0.2, 0) is 6.54 Å². The lowest BCUT2D eigenvalue weighted by molar-refractivity contribution is 0.102. The van der Waals surface area contributed by atoms with Gasteiger partial charge in [0.25, 0.3) is 5.91 Å². The zero-order valence-electron chi connectivity index (χ0n) is 13.3. The molecule has 2 aromatic rings. The Morgan fingerprint density at radius 3 is 2.83 bits per heavy atom. The van der Waals surface area contributed by atoms with E-state index in [4.69, 9.17) is 10.5 Å². The van der Waals surface area contributed by atoms with Gasteiger partial charge in [0.1, 0.15) is 16.5 Å². The summed E-state index contributed by atoms with van der Waals surface area (Å²) >= 11 is 1.39. The van der Waals surface area contributed by atoms with E-state index in [-0.39, 0.29) is 18.3 Å². The molecule has 0 aliphatic carbocycles. The molecule has 1 heterocycles. The minimum absolute atomic E-state index is 0. The van der Waals surface area contributed by atoms with Crippen LogP contribution in [0.2, 0.25) is 0 Å². The first-order chi connectivity index (χ1) is 10.6. The summed E-state index contributed by atoms with van der Waals surface area (Å²) in [5.74, 6) is 0.599. The number of ether oxygens (including phenoxy) is 1. The zero-order valence-corrected chi connectivity index (χ0v) is 14.9. The number of anilines is 1. The van der Waals surface area contributed by atoms with Crippen molar-refractivity contribution < 1.29 is 9.53 Å². The highest BCUT2D eigenvalue weighted by Crippen LogP contribution is 2.22. The monoisotopic (exact) mass is 355 g/mol. The van der Waals surface area contributed by atoms with Gasteiger partial charge >= 0.3 is 0 Å². The second-order valence-corrected chi connectivity index (χ2v) is 5.91. The third-order valence-electron chi connectivity index (χ3n) is 3.17. The van der Waals surface area contributed by atoms with Crippen LogP contribution in [0.25, 0.3) is 0 Å². The molecule has 0 aliphatic rings. The first-order valence-electron chi connectivity index (χ1n) is 7.33. The maximum absolute atomic E-state index is 12.2. The standard InChI is InChI=1S/C16H21N3O2S.ClH/c1-3-4-7-21-12-5-6-13(11(2)8-12)19-16(20)14-10-22-15(9-17)18-14;/h5-6,8,10H,3-4,7,9,17H2,1-2H3,(H,19,20);1H. The smallest absolute Gasteiger partial charge is 0.275 e. The van der Waals surface area contributed by atoms with Gasteiger partial charge < -0.3 is 15.8 Å². The summed E-state index contributed by atoms with van der Waals surface area (Å²) in [5.41, 5.74) is 7.62. The van der Waals surface area contributed by atoms with Crippen LogP contribution < -0.4 is 15.8 Å². The Labute approximate surface area is 146 Å². The van der Waals surface area contributed by atoms with Crippen molar-refractivity contribution in [2.75, 3.05) is 11.9 Å². The predicted molar refractivity (Wildman–Crippen MR) is 96.8 cm³/mol. The van der Waals surface area contributed by atoms with E-state index in [2.05, 4.69) is 17.2 Å². The third kappa shape index (κ3) is 5.49. The summed E-state index contributed by atoms with van der Waals surface area (Å²) in [6.45, 7) is 5.12. The summed E-state index contributed by atoms with van der Waals surface area (Å²) in [4.78, 5) is 16.3. The third-order valence-corrected chi connectivity index (χ3v) is 4.04. The lowest BCUT2D eigenvalue weighted by Crippen LogP contribution is -2.13. The molecule has 0 aliphatic heterocycles. The Balaban J connectivity index is 0.00000264. The number of carbonyl (C=O) groups is 1. The highest BCUT2D eigenvalue weighted by molar-refractivity contribution is 7.09. The second-order valence-electron chi connectivity index (χ2n) is 4.96. The molecular formula is C16H22ClN3O2S. The Kier molecular flexibility index (Phi) is 8.02. The van der Waals surface area contributed by atoms with Crippen molar-refractivity contribution in [3.63, 3.8) is 0 Å². The van der Waals surface area contributed by atoms with E-state index < -0.39 is 0 Å². The molecule has 126 valence electrons. The molecule has 0 fully saturated rings. The van der Waals surface area contributed by atoms with Crippen molar-refractivity contribution in [3.05, 3.63) is 39.8 Å². The Bertz CT molecular complexity index is 646. The lowest BCUT2D eigenvalue weighted by atomic mass is 10.2. The highest BCUT2D eigenvalue weighted by Gasteiger charge is 2.12. The molecule has 1 aromatic heterocycles. The van der Waals surface area contributed by atoms with E-state index in [1.54, 1.807) is 5.38 Å². The number of hydrogen-bond donors (Lipinski definition) is 2. The average molecular weight is 356 g/mol. The zero-order chi connectivity index (χ0) is 15.9. The molecule has 0 unspecified atom stereocenters. The number of nitrogens with two attached hydrogens (primary N) is 1. The number of benzene rings is 1. The molecule has 0 atom stereocenters. The molecule has 7 heteroatoms. The summed E-state index contributed by atoms with van der Waals surface area (Å²) in [7, 11) is 0. The topological polar surface area (TPSA) is 77.2 Å². The largest absolute Gasteiger partial charge is 0.494 e. The molecule has 0 saturated carbocycles. The quantitative estimate of drug-likeness (QED) is 0.741. The molecule has 1 amide bonds. The van der Waals surface area contributed by atoms with Gasteiger partial charge in [-0.25, -0.2) is 4.98 Å². The molecule has 1 aromatic carbocycles. The second kappa shape index (κ2) is 9.50. The average Bonchev–Trinajstić information content (AvgIpc) is 2.99. The molecule has 0 saturated heterocycles. The maximum atomic E-state index is 12.2. The number of hydrogen-bond acceptors (Lipinski definition) is 5. The molecule has 2 rings (SSSR count). The summed E-state index contributed by atoms with van der Waals surface area (Å²) in [6, 6.07) is 5.65. The van der Waals surface area contributed by atoms with Crippen LogP contribution in [0.4, 0.5) is 5.69 Å². The van der Waals surface area contributed by atoms with Crippen molar-refractivity contribution in [3.8, 4) is 5.75 Å². The summed E-state index contributed by atoms with van der Waals surface area (Å²) in [6.07, 6.45) is 2.14. The van der Waals surface area contributed by atoms with E-state index >= 15 is 0 Å². The Morgan fingerprint density at radius 1 is 1.43 bits per heavy atom. The molecule has 5 nitrogen and oxygen atoms in total. The molecular weight excluding hydrogens is 334 g/mol. The van der Waals surface area contributed by atoms with Gasteiger partial charge in [-0.3, -0.25) is 4.79 Å². The van der Waals surface area contributed by atoms with Crippen LogP contribution in [-0.4, -0.2) is 17.5 Å². The van der Waals surface area contributed by atoms with Crippen LogP contribution >= 0.6 is 23.7 Å². The van der Waals surface area contributed by atoms with Gasteiger partial charge in [-0.15, -0.1) is 23.7 Å². The first-order valence-corrected chi connectivity index (χ1v) is 8.21. The van der Waals surface area contributed by atoms with Crippen LogP contribution in [0.5, 0.6) is 5.75 Å². The molecule has 23 heavy (non-hydrogen) atoms. The molecule has 0 radical (unpaired) electrons. The maximum Gasteiger partial charge on any atom is 0.275 e. The van der Waals surface area contributed by atoms with Gasteiger partial charge in [-0.1, -0.05) is 13.3 Å². The fourth-order valence-corrected chi connectivity index (χ4v) is 2.55. The van der Waals surface area contributed by atoms with E-state index in [1.807, 2.05) is 25.1 Å². The number of unbranched alkanes of at least 4 members (excludes halogenated alkanes) is 1. The van der Waals surface area contributed by atoms with E-state index in [1.165, 1.54) is 11.3 Å². The number of nitrogens with one attached hydrogen (secondary N) is 1. The van der Waals surface area contributed by atoms with Crippen molar-refractivity contribution in [1.29, 1.82) is 0 Å². The van der Waals surface area contributed by atoms with Crippen molar-refractivity contribution >= 4 is 35.3 Å². The van der Waals surface area contributed by atoms with E-state index in [0.717, 1.165) is 34.8 Å². The Morgan fingerprint density at radius 2 is 2.22 bits per heavy atom. The number of halogens is 1. The van der Waals surface area contributed by atoms with Gasteiger partial charge in [0.15, 0.2) is 0 Å². The SMILES string of the molecule is CCCCOc1ccc(NC(=O)c2csc(CN)n2)c(C)c1.Cl. The van der Waals surface area contributed by atoms with Crippen LogP contribution in [0.3, 0.4) is 0 Å².